The summed E-state index contributed by atoms with van der Waals surface area (Å²) >= 11 is 0. The van der Waals surface area contributed by atoms with Crippen molar-refractivity contribution in [3.8, 4) is 0 Å². The second-order valence-corrected chi connectivity index (χ2v) is 3.76. The summed E-state index contributed by atoms with van der Waals surface area (Å²) in [5, 5.41) is 8.33. The zero-order valence-corrected chi connectivity index (χ0v) is 9.84. The van der Waals surface area contributed by atoms with Gasteiger partial charge in [-0.15, -0.1) is 0 Å². The Labute approximate surface area is 102 Å². The Hall–Kier alpha value is -1.61. The van der Waals surface area contributed by atoms with Crippen molar-refractivity contribution in [2.75, 3.05) is 6.79 Å². The van der Waals surface area contributed by atoms with Gasteiger partial charge in [-0.3, -0.25) is 4.79 Å². The Morgan fingerprint density at radius 3 is 2.71 bits per heavy atom. The van der Waals surface area contributed by atoms with Crippen LogP contribution in [0.1, 0.15) is 24.8 Å². The predicted octanol–water partition coefficient (Wildman–Crippen LogP) is 2.45. The molecule has 0 heterocycles. The molecule has 0 radical (unpaired) electrons. The van der Waals surface area contributed by atoms with Crippen LogP contribution >= 0.6 is 0 Å². The van der Waals surface area contributed by atoms with Crippen LogP contribution in [0.5, 0.6) is 0 Å². The van der Waals surface area contributed by atoms with E-state index >= 15 is 0 Å². The van der Waals surface area contributed by atoms with Gasteiger partial charge >= 0.3 is 0 Å². The molecule has 0 amide bonds. The van der Waals surface area contributed by atoms with E-state index in [1.165, 1.54) is 17.9 Å². The van der Waals surface area contributed by atoms with Crippen LogP contribution < -0.4 is 0 Å². The Bertz CT molecular complexity index is 344. The topological polar surface area (TPSA) is 46.5 Å². The molecule has 17 heavy (non-hydrogen) atoms. The number of rotatable bonds is 8. The van der Waals surface area contributed by atoms with Crippen LogP contribution in [0.25, 0.3) is 0 Å². The lowest BCUT2D eigenvalue weighted by Crippen LogP contribution is -1.94. The van der Waals surface area contributed by atoms with Crippen molar-refractivity contribution in [3.05, 3.63) is 48.2 Å². The zero-order chi connectivity index (χ0) is 12.3. The van der Waals surface area contributed by atoms with Crippen LogP contribution in [0.2, 0.25) is 0 Å². The lowest BCUT2D eigenvalue weighted by atomic mass is 10.1. The number of allylic oxidation sites excluding steroid dienone is 1. The summed E-state index contributed by atoms with van der Waals surface area (Å²) in [4.78, 5) is 11.3. The smallest absolute Gasteiger partial charge is 0.185 e. The zero-order valence-electron chi connectivity index (χ0n) is 9.84. The molecule has 0 fully saturated rings. The van der Waals surface area contributed by atoms with E-state index < -0.39 is 6.79 Å². The lowest BCUT2D eigenvalue weighted by molar-refractivity contribution is -0.114. The number of hydrogen-bond acceptors (Lipinski definition) is 3. The molecule has 0 aromatic heterocycles. The molecule has 0 aliphatic rings. The fourth-order valence-corrected chi connectivity index (χ4v) is 1.52. The van der Waals surface area contributed by atoms with E-state index in [4.69, 9.17) is 5.11 Å². The average Bonchev–Trinajstić information content (AvgIpc) is 2.36. The fourth-order valence-electron chi connectivity index (χ4n) is 1.52. The van der Waals surface area contributed by atoms with Gasteiger partial charge in [-0.25, -0.2) is 0 Å². The quantitative estimate of drug-likeness (QED) is 0.325. The molecule has 0 saturated heterocycles. The summed E-state index contributed by atoms with van der Waals surface area (Å²) < 4.78 is 4.53. The van der Waals surface area contributed by atoms with E-state index in [0.717, 1.165) is 19.3 Å². The predicted molar refractivity (Wildman–Crippen MR) is 66.3 cm³/mol. The number of aryl methyl sites for hydroxylation is 1. The molecule has 0 aliphatic heterocycles. The van der Waals surface area contributed by atoms with E-state index in [9.17, 15) is 4.79 Å². The Balaban J connectivity index is 2.10. The molecular weight excluding hydrogens is 216 g/mol. The average molecular weight is 234 g/mol. The third-order valence-electron chi connectivity index (χ3n) is 2.41. The number of aliphatic hydroxyl groups is 1. The summed E-state index contributed by atoms with van der Waals surface area (Å²) in [6.07, 6.45) is 6.00. The van der Waals surface area contributed by atoms with Crippen LogP contribution in [-0.2, 0) is 16.0 Å². The van der Waals surface area contributed by atoms with Gasteiger partial charge in [0.15, 0.2) is 12.6 Å². The summed E-state index contributed by atoms with van der Waals surface area (Å²) in [7, 11) is 0. The first kappa shape index (κ1) is 13.5. The number of ether oxygens (including phenoxy) is 1. The Morgan fingerprint density at radius 1 is 1.24 bits per heavy atom. The van der Waals surface area contributed by atoms with Gasteiger partial charge in [0, 0.05) is 12.5 Å². The maximum Gasteiger partial charge on any atom is 0.185 e. The SMILES string of the molecule is O=C(/C=C/OCO)CCCCc1ccccc1. The molecule has 0 atom stereocenters. The highest BCUT2D eigenvalue weighted by atomic mass is 16.6. The number of hydrogen-bond donors (Lipinski definition) is 1. The first-order valence-electron chi connectivity index (χ1n) is 5.78. The van der Waals surface area contributed by atoms with Gasteiger partial charge in [-0.05, 0) is 24.8 Å². The molecule has 0 aliphatic carbocycles. The van der Waals surface area contributed by atoms with Crippen molar-refractivity contribution < 1.29 is 14.6 Å². The second-order valence-electron chi connectivity index (χ2n) is 3.76. The molecular formula is C14H18O3. The molecule has 1 aromatic carbocycles. The third-order valence-corrected chi connectivity index (χ3v) is 2.41. The highest BCUT2D eigenvalue weighted by Gasteiger charge is 1.97. The molecule has 0 bridgehead atoms. The minimum absolute atomic E-state index is 0.0338. The van der Waals surface area contributed by atoms with Gasteiger partial charge in [0.1, 0.15) is 0 Å². The molecule has 0 saturated carbocycles. The van der Waals surface area contributed by atoms with Gasteiger partial charge < -0.3 is 9.84 Å². The number of ketones is 1. The number of aliphatic hydroxyl groups excluding tert-OH is 1. The van der Waals surface area contributed by atoms with E-state index in [2.05, 4.69) is 16.9 Å². The fraction of sp³-hybridized carbons (Fsp3) is 0.357. The van der Waals surface area contributed by atoms with E-state index in [1.807, 2.05) is 18.2 Å². The largest absolute Gasteiger partial charge is 0.475 e. The molecule has 0 unspecified atom stereocenters. The number of carbonyl (C=O) groups excluding carboxylic acids is 1. The first-order chi connectivity index (χ1) is 8.33. The van der Waals surface area contributed by atoms with Crippen LogP contribution in [0.15, 0.2) is 42.7 Å². The van der Waals surface area contributed by atoms with Gasteiger partial charge in [0.25, 0.3) is 0 Å². The second kappa shape index (κ2) is 8.53. The Morgan fingerprint density at radius 2 is 2.00 bits per heavy atom. The Kier molecular flexibility index (Phi) is 6.75. The van der Waals surface area contributed by atoms with Crippen LogP contribution in [-0.4, -0.2) is 17.7 Å². The van der Waals surface area contributed by atoms with Gasteiger partial charge in [-0.2, -0.15) is 0 Å². The maximum atomic E-state index is 11.3. The van der Waals surface area contributed by atoms with Crippen molar-refractivity contribution in [3.63, 3.8) is 0 Å². The van der Waals surface area contributed by atoms with Crippen LogP contribution in [0.3, 0.4) is 0 Å². The number of carbonyl (C=O) groups is 1. The molecule has 3 heteroatoms. The number of unbranched alkanes of at least 4 members (excludes halogenated alkanes) is 1. The normalized spacial score (nSPS) is 10.6. The molecule has 1 aromatic rings. The van der Waals surface area contributed by atoms with Gasteiger partial charge in [-0.1, -0.05) is 30.3 Å². The van der Waals surface area contributed by atoms with Crippen LogP contribution in [0, 0.1) is 0 Å². The maximum absolute atomic E-state index is 11.3. The minimum atomic E-state index is -0.391. The van der Waals surface area contributed by atoms with Crippen molar-refractivity contribution in [2.45, 2.75) is 25.7 Å². The monoisotopic (exact) mass is 234 g/mol. The number of benzene rings is 1. The van der Waals surface area contributed by atoms with E-state index in [0.29, 0.717) is 6.42 Å². The lowest BCUT2D eigenvalue weighted by Gasteiger charge is -2.00. The third kappa shape index (κ3) is 6.53. The van der Waals surface area contributed by atoms with Crippen LogP contribution in [0.4, 0.5) is 0 Å². The van der Waals surface area contributed by atoms with Crippen molar-refractivity contribution in [2.24, 2.45) is 0 Å². The first-order valence-corrected chi connectivity index (χ1v) is 5.78. The summed E-state index contributed by atoms with van der Waals surface area (Å²) in [5.41, 5.74) is 1.30. The molecule has 92 valence electrons. The highest BCUT2D eigenvalue weighted by molar-refractivity contribution is 5.89. The van der Waals surface area contributed by atoms with Gasteiger partial charge in [0.2, 0.25) is 0 Å². The molecule has 3 nitrogen and oxygen atoms in total. The van der Waals surface area contributed by atoms with Gasteiger partial charge in [0.05, 0.1) is 6.26 Å². The summed E-state index contributed by atoms with van der Waals surface area (Å²) in [6.45, 7) is -0.391. The molecule has 1 N–H and O–H groups in total. The minimum Gasteiger partial charge on any atom is -0.475 e. The summed E-state index contributed by atoms with van der Waals surface area (Å²) in [5.74, 6) is 0.0338. The molecule has 0 spiro atoms. The summed E-state index contributed by atoms with van der Waals surface area (Å²) in [6, 6.07) is 10.2. The standard InChI is InChI=1S/C14H18O3/c15-12-17-11-10-14(16)9-5-4-8-13-6-2-1-3-7-13/h1-3,6-7,10-11,15H,4-5,8-9,12H2/b11-10+. The van der Waals surface area contributed by atoms with Crippen molar-refractivity contribution in [1.29, 1.82) is 0 Å². The van der Waals surface area contributed by atoms with Crippen molar-refractivity contribution in [1.82, 2.24) is 0 Å². The van der Waals surface area contributed by atoms with E-state index in [-0.39, 0.29) is 5.78 Å². The van der Waals surface area contributed by atoms with E-state index in [1.54, 1.807) is 0 Å². The highest BCUT2D eigenvalue weighted by Crippen LogP contribution is 2.06. The molecule has 1 rings (SSSR count). The van der Waals surface area contributed by atoms with Crippen molar-refractivity contribution >= 4 is 5.78 Å².